The van der Waals surface area contributed by atoms with E-state index in [0.717, 1.165) is 10.0 Å². The number of phenolic OH excluding ortho intramolecular Hbond substituents is 1. The van der Waals surface area contributed by atoms with Gasteiger partial charge in [-0.15, -0.1) is 0 Å². The van der Waals surface area contributed by atoms with Crippen molar-refractivity contribution in [3.05, 3.63) is 52.5 Å². The van der Waals surface area contributed by atoms with Gasteiger partial charge in [-0.05, 0) is 29.8 Å². The van der Waals surface area contributed by atoms with E-state index in [-0.39, 0.29) is 11.3 Å². The van der Waals surface area contributed by atoms with Crippen LogP contribution in [0.2, 0.25) is 0 Å². The van der Waals surface area contributed by atoms with Gasteiger partial charge in [0.25, 0.3) is 0 Å². The molecule has 0 aliphatic rings. The van der Waals surface area contributed by atoms with Crippen molar-refractivity contribution in [2.45, 2.75) is 0 Å². The summed E-state index contributed by atoms with van der Waals surface area (Å²) < 4.78 is 0.846. The molecular formula is C13H9BrO3. The van der Waals surface area contributed by atoms with Gasteiger partial charge in [0.1, 0.15) is 5.75 Å². The molecule has 0 bridgehead atoms. The first kappa shape index (κ1) is 11.7. The van der Waals surface area contributed by atoms with E-state index in [9.17, 15) is 9.90 Å². The molecule has 4 heteroatoms. The number of phenols is 1. The predicted octanol–water partition coefficient (Wildman–Crippen LogP) is 3.52. The predicted molar refractivity (Wildman–Crippen MR) is 68.2 cm³/mol. The topological polar surface area (TPSA) is 57.5 Å². The Morgan fingerprint density at radius 2 is 1.76 bits per heavy atom. The summed E-state index contributed by atoms with van der Waals surface area (Å²) in [4.78, 5) is 10.7. The van der Waals surface area contributed by atoms with Gasteiger partial charge in [0.15, 0.2) is 0 Å². The second kappa shape index (κ2) is 4.59. The third kappa shape index (κ3) is 2.31. The second-order valence-electron chi connectivity index (χ2n) is 3.52. The molecule has 0 spiro atoms. The maximum atomic E-state index is 10.7. The number of carbonyl (C=O) groups is 1. The summed E-state index contributed by atoms with van der Waals surface area (Å²) in [7, 11) is 0. The van der Waals surface area contributed by atoms with E-state index >= 15 is 0 Å². The molecule has 0 amide bonds. The lowest BCUT2D eigenvalue weighted by atomic mass is 10.0. The van der Waals surface area contributed by atoms with E-state index in [1.54, 1.807) is 6.07 Å². The maximum absolute atomic E-state index is 10.7. The number of aromatic hydroxyl groups is 1. The van der Waals surface area contributed by atoms with E-state index < -0.39 is 5.97 Å². The molecule has 86 valence electrons. The molecule has 0 atom stereocenters. The van der Waals surface area contributed by atoms with Gasteiger partial charge in [0.2, 0.25) is 0 Å². The van der Waals surface area contributed by atoms with Crippen molar-refractivity contribution in [2.24, 2.45) is 0 Å². The first-order valence-electron chi connectivity index (χ1n) is 4.91. The Morgan fingerprint density at radius 1 is 1.06 bits per heavy atom. The molecule has 2 aromatic carbocycles. The van der Waals surface area contributed by atoms with Gasteiger partial charge in [-0.3, -0.25) is 0 Å². The van der Waals surface area contributed by atoms with E-state index in [1.807, 2.05) is 24.3 Å². The number of carboxylic acid groups (broad SMARTS) is 1. The highest BCUT2D eigenvalue weighted by molar-refractivity contribution is 9.10. The van der Waals surface area contributed by atoms with Crippen molar-refractivity contribution in [2.75, 3.05) is 0 Å². The van der Waals surface area contributed by atoms with Crippen LogP contribution in [-0.2, 0) is 0 Å². The molecule has 0 aliphatic heterocycles. The number of hydrogen-bond acceptors (Lipinski definition) is 2. The highest BCUT2D eigenvalue weighted by atomic mass is 79.9. The summed E-state index contributed by atoms with van der Waals surface area (Å²) in [5.41, 5.74) is 1.49. The molecule has 0 saturated carbocycles. The van der Waals surface area contributed by atoms with Crippen LogP contribution in [0.25, 0.3) is 11.1 Å². The molecule has 2 N–H and O–H groups in total. The highest BCUT2D eigenvalue weighted by Gasteiger charge is 2.10. The lowest BCUT2D eigenvalue weighted by Gasteiger charge is -2.07. The molecule has 3 nitrogen and oxygen atoms in total. The minimum Gasteiger partial charge on any atom is -0.507 e. The van der Waals surface area contributed by atoms with Crippen molar-refractivity contribution < 1.29 is 15.0 Å². The lowest BCUT2D eigenvalue weighted by Crippen LogP contribution is -1.95. The molecule has 0 aromatic heterocycles. The van der Waals surface area contributed by atoms with Crippen LogP contribution in [0.15, 0.2) is 46.9 Å². The zero-order valence-corrected chi connectivity index (χ0v) is 10.3. The fourth-order valence-electron chi connectivity index (χ4n) is 1.57. The van der Waals surface area contributed by atoms with Gasteiger partial charge in [-0.25, -0.2) is 4.79 Å². The monoisotopic (exact) mass is 292 g/mol. The average molecular weight is 293 g/mol. The van der Waals surface area contributed by atoms with Gasteiger partial charge >= 0.3 is 5.97 Å². The van der Waals surface area contributed by atoms with E-state index in [0.29, 0.717) is 5.56 Å². The Kier molecular flexibility index (Phi) is 3.15. The SMILES string of the molecule is O=C(O)c1ccc(-c2ccccc2Br)c(O)c1. The molecule has 2 aromatic rings. The number of benzene rings is 2. The van der Waals surface area contributed by atoms with E-state index in [1.165, 1.54) is 12.1 Å². The van der Waals surface area contributed by atoms with Crippen molar-refractivity contribution in [1.82, 2.24) is 0 Å². The zero-order valence-electron chi connectivity index (χ0n) is 8.72. The van der Waals surface area contributed by atoms with Crippen molar-refractivity contribution in [3.63, 3.8) is 0 Å². The molecule has 0 fully saturated rings. The van der Waals surface area contributed by atoms with Gasteiger partial charge in [-0.2, -0.15) is 0 Å². The smallest absolute Gasteiger partial charge is 0.335 e. The molecule has 17 heavy (non-hydrogen) atoms. The van der Waals surface area contributed by atoms with Crippen molar-refractivity contribution >= 4 is 21.9 Å². The molecule has 0 saturated heterocycles. The standard InChI is InChI=1S/C13H9BrO3/c14-11-4-2-1-3-9(11)10-6-5-8(13(16)17)7-12(10)15/h1-7,15H,(H,16,17). The molecule has 0 heterocycles. The summed E-state index contributed by atoms with van der Waals surface area (Å²) in [5, 5.41) is 18.6. The third-order valence-electron chi connectivity index (χ3n) is 2.41. The summed E-state index contributed by atoms with van der Waals surface area (Å²) >= 11 is 3.39. The first-order valence-corrected chi connectivity index (χ1v) is 5.70. The zero-order chi connectivity index (χ0) is 12.4. The summed E-state index contributed by atoms with van der Waals surface area (Å²) in [5.74, 6) is -1.10. The molecule has 2 rings (SSSR count). The van der Waals surface area contributed by atoms with Crippen LogP contribution >= 0.6 is 15.9 Å². The summed E-state index contributed by atoms with van der Waals surface area (Å²) in [6.45, 7) is 0. The molecule has 0 aliphatic carbocycles. The normalized spacial score (nSPS) is 10.2. The highest BCUT2D eigenvalue weighted by Crippen LogP contribution is 2.34. The van der Waals surface area contributed by atoms with Gasteiger partial charge in [-0.1, -0.05) is 34.1 Å². The number of hydrogen-bond donors (Lipinski definition) is 2. The summed E-state index contributed by atoms with van der Waals surface area (Å²) in [6.07, 6.45) is 0. The number of rotatable bonds is 2. The largest absolute Gasteiger partial charge is 0.507 e. The molecule has 0 unspecified atom stereocenters. The quantitative estimate of drug-likeness (QED) is 0.890. The summed E-state index contributed by atoms with van der Waals surface area (Å²) in [6, 6.07) is 11.7. The lowest BCUT2D eigenvalue weighted by molar-refractivity contribution is 0.0696. The van der Waals surface area contributed by atoms with E-state index in [4.69, 9.17) is 5.11 Å². The molecular weight excluding hydrogens is 284 g/mol. The van der Waals surface area contributed by atoms with Gasteiger partial charge in [0, 0.05) is 10.0 Å². The van der Waals surface area contributed by atoms with E-state index in [2.05, 4.69) is 15.9 Å². The second-order valence-corrected chi connectivity index (χ2v) is 4.37. The maximum Gasteiger partial charge on any atom is 0.335 e. The van der Waals surface area contributed by atoms with Crippen molar-refractivity contribution in [3.8, 4) is 16.9 Å². The third-order valence-corrected chi connectivity index (χ3v) is 3.10. The number of carboxylic acids is 1. The van der Waals surface area contributed by atoms with Crippen LogP contribution in [0.5, 0.6) is 5.75 Å². The van der Waals surface area contributed by atoms with Gasteiger partial charge < -0.3 is 10.2 Å². The Hall–Kier alpha value is -1.81. The van der Waals surface area contributed by atoms with Crippen LogP contribution in [0, 0.1) is 0 Å². The first-order chi connectivity index (χ1) is 8.09. The van der Waals surface area contributed by atoms with Crippen molar-refractivity contribution in [1.29, 1.82) is 0 Å². The minimum absolute atomic E-state index is 0.0446. The fraction of sp³-hybridized carbons (Fsp3) is 0. The van der Waals surface area contributed by atoms with Gasteiger partial charge in [0.05, 0.1) is 5.56 Å². The number of aromatic carboxylic acids is 1. The Bertz CT molecular complexity index is 579. The number of halogens is 1. The Morgan fingerprint density at radius 3 is 2.35 bits per heavy atom. The molecule has 0 radical (unpaired) electrons. The Labute approximate surface area is 106 Å². The average Bonchev–Trinajstić information content (AvgIpc) is 2.30. The Balaban J connectivity index is 2.55. The van der Waals surface area contributed by atoms with Crippen LogP contribution in [-0.4, -0.2) is 16.2 Å². The fourth-order valence-corrected chi connectivity index (χ4v) is 2.07. The van der Waals surface area contributed by atoms with Crippen LogP contribution in [0.4, 0.5) is 0 Å². The van der Waals surface area contributed by atoms with Crippen LogP contribution in [0.1, 0.15) is 10.4 Å². The minimum atomic E-state index is -1.06. The van der Waals surface area contributed by atoms with Crippen LogP contribution < -0.4 is 0 Å². The van der Waals surface area contributed by atoms with Crippen LogP contribution in [0.3, 0.4) is 0 Å².